The Balaban J connectivity index is 3.00. The van der Waals surface area contributed by atoms with Crippen LogP contribution in [0.2, 0.25) is 0 Å². The summed E-state index contributed by atoms with van der Waals surface area (Å²) in [5.74, 6) is 0. The number of benzene rings is 1. The molecule has 0 saturated heterocycles. The molecule has 1 aromatic rings. The minimum absolute atomic E-state index is 0.0783. The van der Waals surface area contributed by atoms with Crippen LogP contribution < -0.4 is 0 Å². The van der Waals surface area contributed by atoms with Crippen LogP contribution in [0.25, 0.3) is 0 Å². The van der Waals surface area contributed by atoms with Gasteiger partial charge in [0.15, 0.2) is 5.71 Å². The zero-order valence-corrected chi connectivity index (χ0v) is 9.65. The van der Waals surface area contributed by atoms with Gasteiger partial charge in [-0.05, 0) is 6.92 Å². The van der Waals surface area contributed by atoms with E-state index in [2.05, 4.69) is 9.44 Å². The topological polar surface area (TPSA) is 79.5 Å². The lowest BCUT2D eigenvalue weighted by Crippen LogP contribution is -2.03. The fraction of sp³-hybridized carbons (Fsp3) is 0.200. The van der Waals surface area contributed by atoms with Gasteiger partial charge in [0.05, 0.1) is 6.26 Å². The Bertz CT molecular complexity index is 538. The second kappa shape index (κ2) is 4.77. The van der Waals surface area contributed by atoms with Crippen molar-refractivity contribution in [2.75, 3.05) is 6.26 Å². The first-order valence-electron chi connectivity index (χ1n) is 4.36. The van der Waals surface area contributed by atoms with Crippen molar-refractivity contribution in [3.05, 3.63) is 35.4 Å². The fourth-order valence-corrected chi connectivity index (χ4v) is 1.16. The Morgan fingerprint density at radius 1 is 1.38 bits per heavy atom. The first-order valence-corrected chi connectivity index (χ1v) is 6.18. The van der Waals surface area contributed by atoms with Gasteiger partial charge in [-0.15, -0.1) is 0 Å². The van der Waals surface area contributed by atoms with E-state index >= 15 is 0 Å². The molecule has 1 rings (SSSR count). The number of hydrogen-bond acceptors (Lipinski definition) is 5. The van der Waals surface area contributed by atoms with Crippen LogP contribution in [0, 0.1) is 18.3 Å². The molecule has 0 unspecified atom stereocenters. The largest absolute Gasteiger partial charge is 0.325 e. The van der Waals surface area contributed by atoms with Gasteiger partial charge in [0, 0.05) is 5.56 Å². The molecule has 16 heavy (non-hydrogen) atoms. The van der Waals surface area contributed by atoms with E-state index < -0.39 is 10.1 Å². The molecule has 6 heteroatoms. The minimum Gasteiger partial charge on any atom is -0.267 e. The highest BCUT2D eigenvalue weighted by Crippen LogP contribution is 2.05. The molecule has 0 atom stereocenters. The SMILES string of the molecule is Cc1ccc(C(C#N)=NOS(C)(=O)=O)cc1. The van der Waals surface area contributed by atoms with Gasteiger partial charge < -0.3 is 0 Å². The highest BCUT2D eigenvalue weighted by Gasteiger charge is 2.06. The van der Waals surface area contributed by atoms with E-state index in [9.17, 15) is 8.42 Å². The summed E-state index contributed by atoms with van der Waals surface area (Å²) in [6, 6.07) is 8.70. The van der Waals surface area contributed by atoms with Crippen LogP contribution in [0.5, 0.6) is 0 Å². The van der Waals surface area contributed by atoms with Crippen molar-refractivity contribution in [3.8, 4) is 6.07 Å². The Morgan fingerprint density at radius 3 is 2.38 bits per heavy atom. The highest BCUT2D eigenvalue weighted by molar-refractivity contribution is 7.85. The van der Waals surface area contributed by atoms with Gasteiger partial charge in [-0.2, -0.15) is 13.7 Å². The normalized spacial score (nSPS) is 11.9. The second-order valence-electron chi connectivity index (χ2n) is 3.20. The van der Waals surface area contributed by atoms with E-state index in [1.54, 1.807) is 30.3 Å². The number of aryl methyl sites for hydroxylation is 1. The van der Waals surface area contributed by atoms with Crippen LogP contribution in [0.1, 0.15) is 11.1 Å². The Labute approximate surface area is 94.1 Å². The lowest BCUT2D eigenvalue weighted by atomic mass is 10.1. The van der Waals surface area contributed by atoms with E-state index in [-0.39, 0.29) is 5.71 Å². The lowest BCUT2D eigenvalue weighted by molar-refractivity contribution is 0.344. The van der Waals surface area contributed by atoms with Crippen molar-refractivity contribution in [1.29, 1.82) is 5.26 Å². The lowest BCUT2D eigenvalue weighted by Gasteiger charge is -1.98. The predicted octanol–water partition coefficient (Wildman–Crippen LogP) is 1.20. The molecule has 0 N–H and O–H groups in total. The third kappa shape index (κ3) is 3.71. The zero-order valence-electron chi connectivity index (χ0n) is 8.84. The van der Waals surface area contributed by atoms with Crippen LogP contribution in [0.15, 0.2) is 29.4 Å². The molecule has 0 aliphatic carbocycles. The van der Waals surface area contributed by atoms with Gasteiger partial charge in [0.2, 0.25) is 0 Å². The number of hydrogen-bond donors (Lipinski definition) is 0. The maximum atomic E-state index is 10.7. The first kappa shape index (κ1) is 12.2. The molecular formula is C10H10N2O3S. The molecule has 0 fully saturated rings. The molecule has 0 radical (unpaired) electrons. The molecule has 84 valence electrons. The minimum atomic E-state index is -3.68. The summed E-state index contributed by atoms with van der Waals surface area (Å²) in [4.78, 5) is 0. The number of nitrogens with zero attached hydrogens (tertiary/aromatic N) is 2. The van der Waals surface area contributed by atoms with Crippen molar-refractivity contribution in [3.63, 3.8) is 0 Å². The molecule has 0 spiro atoms. The van der Waals surface area contributed by atoms with Gasteiger partial charge in [-0.25, -0.2) is 0 Å². The monoisotopic (exact) mass is 238 g/mol. The average Bonchev–Trinajstić information content (AvgIpc) is 2.20. The third-order valence-corrected chi connectivity index (χ3v) is 2.04. The maximum Gasteiger partial charge on any atom is 0.325 e. The molecule has 1 aromatic carbocycles. The standard InChI is InChI=1S/C10H10N2O3S/c1-8-3-5-9(6-4-8)10(7-11)12-15-16(2,13)14/h3-6H,1-2H3. The highest BCUT2D eigenvalue weighted by atomic mass is 32.2. The van der Waals surface area contributed by atoms with Gasteiger partial charge in [0.1, 0.15) is 6.07 Å². The molecule has 0 amide bonds. The van der Waals surface area contributed by atoms with E-state index in [4.69, 9.17) is 5.26 Å². The second-order valence-corrected chi connectivity index (χ2v) is 4.75. The quantitative estimate of drug-likeness (QED) is 0.585. The number of oxime groups is 1. The summed E-state index contributed by atoms with van der Waals surface area (Å²) in [6.45, 7) is 1.90. The molecule has 0 bridgehead atoms. The average molecular weight is 238 g/mol. The molecule has 0 aromatic heterocycles. The van der Waals surface area contributed by atoms with E-state index in [1.807, 2.05) is 6.92 Å². The molecule has 0 aliphatic heterocycles. The Kier molecular flexibility index (Phi) is 3.64. The first-order chi connectivity index (χ1) is 7.42. The van der Waals surface area contributed by atoms with Gasteiger partial charge in [-0.1, -0.05) is 35.0 Å². The van der Waals surface area contributed by atoms with Crippen LogP contribution in [0.3, 0.4) is 0 Å². The van der Waals surface area contributed by atoms with Gasteiger partial charge in [0.25, 0.3) is 0 Å². The van der Waals surface area contributed by atoms with Crippen molar-refractivity contribution in [1.82, 2.24) is 0 Å². The smallest absolute Gasteiger partial charge is 0.267 e. The zero-order chi connectivity index (χ0) is 12.2. The summed E-state index contributed by atoms with van der Waals surface area (Å²) in [5, 5.41) is 12.1. The van der Waals surface area contributed by atoms with Crippen LogP contribution >= 0.6 is 0 Å². The maximum absolute atomic E-state index is 10.7. The van der Waals surface area contributed by atoms with E-state index in [1.165, 1.54) is 0 Å². The van der Waals surface area contributed by atoms with Crippen molar-refractivity contribution >= 4 is 15.8 Å². The van der Waals surface area contributed by atoms with Crippen molar-refractivity contribution in [2.24, 2.45) is 5.16 Å². The molecule has 5 nitrogen and oxygen atoms in total. The van der Waals surface area contributed by atoms with Crippen molar-refractivity contribution < 1.29 is 12.7 Å². The molecule has 0 aliphatic rings. The summed E-state index contributed by atoms with van der Waals surface area (Å²) in [5.41, 5.74) is 1.47. The molecule has 0 heterocycles. The summed E-state index contributed by atoms with van der Waals surface area (Å²) in [6.07, 6.45) is 0.862. The molecular weight excluding hydrogens is 228 g/mol. The Morgan fingerprint density at radius 2 is 1.94 bits per heavy atom. The van der Waals surface area contributed by atoms with Gasteiger partial charge >= 0.3 is 10.1 Å². The number of nitriles is 1. The fourth-order valence-electron chi connectivity index (χ4n) is 0.954. The summed E-state index contributed by atoms with van der Waals surface area (Å²) in [7, 11) is -3.68. The van der Waals surface area contributed by atoms with Crippen molar-refractivity contribution in [2.45, 2.75) is 6.92 Å². The number of rotatable bonds is 3. The predicted molar refractivity (Wildman–Crippen MR) is 59.3 cm³/mol. The molecule has 0 saturated carbocycles. The van der Waals surface area contributed by atoms with Crippen LogP contribution in [0.4, 0.5) is 0 Å². The van der Waals surface area contributed by atoms with Crippen LogP contribution in [-0.2, 0) is 14.4 Å². The third-order valence-electron chi connectivity index (χ3n) is 1.69. The summed E-state index contributed by atoms with van der Waals surface area (Å²) < 4.78 is 25.6. The van der Waals surface area contributed by atoms with Crippen LogP contribution in [-0.4, -0.2) is 20.4 Å². The summed E-state index contributed by atoms with van der Waals surface area (Å²) >= 11 is 0. The van der Waals surface area contributed by atoms with Gasteiger partial charge in [-0.3, -0.25) is 4.28 Å². The van der Waals surface area contributed by atoms with E-state index in [0.717, 1.165) is 11.8 Å². The van der Waals surface area contributed by atoms with E-state index in [0.29, 0.717) is 5.56 Å². The Hall–Kier alpha value is -1.87.